The molecule has 0 unspecified atom stereocenters. The summed E-state index contributed by atoms with van der Waals surface area (Å²) in [7, 11) is 0. The van der Waals surface area contributed by atoms with Crippen molar-refractivity contribution in [1.29, 1.82) is 0 Å². The lowest BCUT2D eigenvalue weighted by atomic mass is 10.1. The van der Waals surface area contributed by atoms with Gasteiger partial charge in [-0.25, -0.2) is 0 Å². The first kappa shape index (κ1) is 14.7. The summed E-state index contributed by atoms with van der Waals surface area (Å²) in [4.78, 5) is 0. The standard InChI is InChI=1S/C15H13ClF3N/c1-10-2-3-11(14(16)8-10)9-20-13-6-4-12(5-7-13)15(17,18)19/h2-8,20H,9H2,1H3. The number of halogens is 4. The minimum absolute atomic E-state index is 0.463. The Bertz CT molecular complexity index is 591. The van der Waals surface area contributed by atoms with Gasteiger partial charge < -0.3 is 5.32 Å². The minimum atomic E-state index is -4.31. The Morgan fingerprint density at radius 1 is 1.05 bits per heavy atom. The van der Waals surface area contributed by atoms with Crippen molar-refractivity contribution in [3.05, 3.63) is 64.2 Å². The summed E-state index contributed by atoms with van der Waals surface area (Å²) in [6, 6.07) is 10.6. The summed E-state index contributed by atoms with van der Waals surface area (Å²) in [6.45, 7) is 2.41. The molecule has 2 rings (SSSR count). The van der Waals surface area contributed by atoms with Crippen LogP contribution in [-0.2, 0) is 12.7 Å². The molecule has 0 aromatic heterocycles. The largest absolute Gasteiger partial charge is 0.416 e. The van der Waals surface area contributed by atoms with Crippen LogP contribution in [0.4, 0.5) is 18.9 Å². The third kappa shape index (κ3) is 3.67. The molecule has 0 saturated carbocycles. The van der Waals surface area contributed by atoms with Crippen molar-refractivity contribution in [3.8, 4) is 0 Å². The van der Waals surface area contributed by atoms with Crippen molar-refractivity contribution in [2.75, 3.05) is 5.32 Å². The second-order valence-electron chi connectivity index (χ2n) is 4.52. The van der Waals surface area contributed by atoms with Gasteiger partial charge in [-0.05, 0) is 48.4 Å². The predicted molar refractivity (Wildman–Crippen MR) is 75.0 cm³/mol. The zero-order chi connectivity index (χ0) is 14.8. The molecule has 0 bridgehead atoms. The van der Waals surface area contributed by atoms with Crippen LogP contribution in [0.25, 0.3) is 0 Å². The molecule has 2 aromatic rings. The Morgan fingerprint density at radius 3 is 2.25 bits per heavy atom. The van der Waals surface area contributed by atoms with E-state index in [2.05, 4.69) is 5.32 Å². The number of nitrogens with one attached hydrogen (secondary N) is 1. The van der Waals surface area contributed by atoms with Gasteiger partial charge in [0.25, 0.3) is 0 Å². The van der Waals surface area contributed by atoms with Crippen molar-refractivity contribution >= 4 is 17.3 Å². The van der Waals surface area contributed by atoms with Crippen molar-refractivity contribution in [2.24, 2.45) is 0 Å². The van der Waals surface area contributed by atoms with E-state index >= 15 is 0 Å². The zero-order valence-electron chi connectivity index (χ0n) is 10.8. The number of hydrogen-bond donors (Lipinski definition) is 1. The van der Waals surface area contributed by atoms with Crippen LogP contribution in [0.3, 0.4) is 0 Å². The molecule has 20 heavy (non-hydrogen) atoms. The molecule has 1 nitrogen and oxygen atoms in total. The van der Waals surface area contributed by atoms with Crippen molar-refractivity contribution in [2.45, 2.75) is 19.6 Å². The third-order valence-electron chi connectivity index (χ3n) is 2.90. The van der Waals surface area contributed by atoms with Crippen molar-refractivity contribution in [1.82, 2.24) is 0 Å². The van der Waals surface area contributed by atoms with E-state index in [-0.39, 0.29) is 0 Å². The van der Waals surface area contributed by atoms with Gasteiger partial charge in [0.2, 0.25) is 0 Å². The van der Waals surface area contributed by atoms with E-state index in [0.29, 0.717) is 17.3 Å². The highest BCUT2D eigenvalue weighted by Crippen LogP contribution is 2.30. The second-order valence-corrected chi connectivity index (χ2v) is 4.93. The molecule has 0 aliphatic heterocycles. The Hall–Kier alpha value is -1.68. The first-order valence-electron chi connectivity index (χ1n) is 6.02. The molecule has 2 aromatic carbocycles. The summed E-state index contributed by atoms with van der Waals surface area (Å²) in [5.74, 6) is 0. The maximum atomic E-state index is 12.4. The monoisotopic (exact) mass is 299 g/mol. The molecule has 1 N–H and O–H groups in total. The molecule has 0 aliphatic carbocycles. The summed E-state index contributed by atoms with van der Waals surface area (Å²) in [5, 5.41) is 3.69. The Balaban J connectivity index is 2.04. The average molecular weight is 300 g/mol. The van der Waals surface area contributed by atoms with Gasteiger partial charge in [-0.3, -0.25) is 0 Å². The molecule has 0 atom stereocenters. The average Bonchev–Trinajstić information content (AvgIpc) is 2.37. The van der Waals surface area contributed by atoms with Gasteiger partial charge in [-0.1, -0.05) is 23.7 Å². The molecule has 0 fully saturated rings. The Labute approximate surface area is 120 Å². The smallest absolute Gasteiger partial charge is 0.381 e. The molecular formula is C15H13ClF3N. The van der Waals surface area contributed by atoms with Crippen LogP contribution >= 0.6 is 11.6 Å². The number of rotatable bonds is 3. The van der Waals surface area contributed by atoms with Gasteiger partial charge in [0.1, 0.15) is 0 Å². The Kier molecular flexibility index (Phi) is 4.23. The fourth-order valence-corrected chi connectivity index (χ4v) is 2.07. The third-order valence-corrected chi connectivity index (χ3v) is 3.26. The van der Waals surface area contributed by atoms with Gasteiger partial charge in [0, 0.05) is 17.3 Å². The van der Waals surface area contributed by atoms with Gasteiger partial charge in [0.05, 0.1) is 5.56 Å². The number of alkyl halides is 3. The molecule has 0 aliphatic rings. The second kappa shape index (κ2) is 5.75. The summed E-state index contributed by atoms with van der Waals surface area (Å²) < 4.78 is 37.3. The fraction of sp³-hybridized carbons (Fsp3) is 0.200. The topological polar surface area (TPSA) is 12.0 Å². The number of hydrogen-bond acceptors (Lipinski definition) is 1. The molecule has 0 spiro atoms. The van der Waals surface area contributed by atoms with Crippen LogP contribution in [-0.4, -0.2) is 0 Å². The highest BCUT2D eigenvalue weighted by atomic mass is 35.5. The maximum absolute atomic E-state index is 12.4. The van der Waals surface area contributed by atoms with Crippen LogP contribution < -0.4 is 5.32 Å². The number of anilines is 1. The van der Waals surface area contributed by atoms with E-state index in [9.17, 15) is 13.2 Å². The molecule has 106 valence electrons. The van der Waals surface area contributed by atoms with Gasteiger partial charge in [-0.15, -0.1) is 0 Å². The first-order chi connectivity index (χ1) is 9.36. The minimum Gasteiger partial charge on any atom is -0.381 e. The van der Waals surface area contributed by atoms with E-state index < -0.39 is 11.7 Å². The molecule has 0 radical (unpaired) electrons. The van der Waals surface area contributed by atoms with Crippen LogP contribution in [0.1, 0.15) is 16.7 Å². The molecular weight excluding hydrogens is 287 g/mol. The highest BCUT2D eigenvalue weighted by Gasteiger charge is 2.29. The molecule has 0 saturated heterocycles. The van der Waals surface area contributed by atoms with Crippen LogP contribution in [0.5, 0.6) is 0 Å². The lowest BCUT2D eigenvalue weighted by molar-refractivity contribution is -0.137. The number of benzene rings is 2. The van der Waals surface area contributed by atoms with Crippen LogP contribution in [0.15, 0.2) is 42.5 Å². The number of aryl methyl sites for hydroxylation is 1. The highest BCUT2D eigenvalue weighted by molar-refractivity contribution is 6.31. The van der Waals surface area contributed by atoms with Crippen molar-refractivity contribution in [3.63, 3.8) is 0 Å². The lowest BCUT2D eigenvalue weighted by Gasteiger charge is -2.10. The van der Waals surface area contributed by atoms with Crippen LogP contribution in [0, 0.1) is 6.92 Å². The van der Waals surface area contributed by atoms with E-state index in [1.807, 2.05) is 25.1 Å². The van der Waals surface area contributed by atoms with Crippen molar-refractivity contribution < 1.29 is 13.2 Å². The quantitative estimate of drug-likeness (QED) is 0.813. The van der Waals surface area contributed by atoms with Gasteiger partial charge >= 0.3 is 6.18 Å². The summed E-state index contributed by atoms with van der Waals surface area (Å²) in [5.41, 5.74) is 1.93. The normalized spacial score (nSPS) is 11.4. The van der Waals surface area contributed by atoms with E-state index in [4.69, 9.17) is 11.6 Å². The predicted octanol–water partition coefficient (Wildman–Crippen LogP) is 5.28. The zero-order valence-corrected chi connectivity index (χ0v) is 11.5. The fourth-order valence-electron chi connectivity index (χ4n) is 1.77. The Morgan fingerprint density at radius 2 is 1.70 bits per heavy atom. The van der Waals surface area contributed by atoms with Gasteiger partial charge in [-0.2, -0.15) is 13.2 Å². The molecule has 0 amide bonds. The van der Waals surface area contributed by atoms with E-state index in [1.165, 1.54) is 12.1 Å². The maximum Gasteiger partial charge on any atom is 0.416 e. The summed E-state index contributed by atoms with van der Waals surface area (Å²) in [6.07, 6.45) is -4.31. The lowest BCUT2D eigenvalue weighted by Crippen LogP contribution is -2.05. The summed E-state index contributed by atoms with van der Waals surface area (Å²) >= 11 is 6.09. The first-order valence-corrected chi connectivity index (χ1v) is 6.40. The SMILES string of the molecule is Cc1ccc(CNc2ccc(C(F)(F)F)cc2)c(Cl)c1. The van der Waals surface area contributed by atoms with Gasteiger partial charge in [0.15, 0.2) is 0 Å². The molecule has 0 heterocycles. The van der Waals surface area contributed by atoms with E-state index in [1.54, 1.807) is 0 Å². The van der Waals surface area contributed by atoms with E-state index in [0.717, 1.165) is 23.3 Å². The molecule has 5 heteroatoms. The van der Waals surface area contributed by atoms with Crippen LogP contribution in [0.2, 0.25) is 5.02 Å².